The van der Waals surface area contributed by atoms with Crippen molar-refractivity contribution < 1.29 is 37.4 Å². The molecule has 176 valence electrons. The van der Waals surface area contributed by atoms with Crippen LogP contribution in [-0.4, -0.2) is 27.1 Å². The van der Waals surface area contributed by atoms with Gasteiger partial charge in [0.1, 0.15) is 45.0 Å². The molecule has 0 radical (unpaired) electrons. The summed E-state index contributed by atoms with van der Waals surface area (Å²) in [6, 6.07) is 1.92. The fourth-order valence-corrected chi connectivity index (χ4v) is 2.80. The molecule has 0 aliphatic heterocycles. The number of H-pyrrole nitrogens is 1. The molecule has 0 fully saturated rings. The van der Waals surface area contributed by atoms with Crippen molar-refractivity contribution in [2.75, 3.05) is 5.32 Å². The number of rotatable bonds is 3. The van der Waals surface area contributed by atoms with Gasteiger partial charge in [0.15, 0.2) is 0 Å². The van der Waals surface area contributed by atoms with E-state index < -0.39 is 62.4 Å². The summed E-state index contributed by atoms with van der Waals surface area (Å²) in [5.41, 5.74) is -1.24. The van der Waals surface area contributed by atoms with Crippen LogP contribution in [0.15, 0.2) is 23.0 Å². The van der Waals surface area contributed by atoms with Gasteiger partial charge in [0.2, 0.25) is 5.91 Å². The summed E-state index contributed by atoms with van der Waals surface area (Å²) >= 11 is 11.1. The second-order valence-corrected chi connectivity index (χ2v) is 7.39. The van der Waals surface area contributed by atoms with Gasteiger partial charge < -0.3 is 20.5 Å². The van der Waals surface area contributed by atoms with Crippen molar-refractivity contribution >= 4 is 51.7 Å². The molecule has 13 heteroatoms. The fraction of sp³-hybridized carbons (Fsp3) is 0.150. The Labute approximate surface area is 192 Å². The van der Waals surface area contributed by atoms with Crippen molar-refractivity contribution in [1.82, 2.24) is 4.98 Å². The Morgan fingerprint density at radius 2 is 1.61 bits per heavy atom. The molecule has 2 aromatic carbocycles. The number of carboxylic acid groups (broad SMARTS) is 1. The fourth-order valence-electron chi connectivity index (χ4n) is 2.45. The predicted octanol–water partition coefficient (Wildman–Crippen LogP) is 4.75. The smallest absolute Gasteiger partial charge is 0.315 e. The zero-order chi connectivity index (χ0) is 25.2. The predicted molar refractivity (Wildman–Crippen MR) is 113 cm³/mol. The zero-order valence-corrected chi connectivity index (χ0v) is 18.2. The largest absolute Gasteiger partial charge is 0.507 e. The van der Waals surface area contributed by atoms with E-state index in [1.807, 2.05) is 5.32 Å². The summed E-state index contributed by atoms with van der Waals surface area (Å²) in [5.74, 6) is -8.08. The first-order valence-electron chi connectivity index (χ1n) is 8.83. The molecule has 1 unspecified atom stereocenters. The maximum atomic E-state index is 13.4. The van der Waals surface area contributed by atoms with Gasteiger partial charge in [0, 0.05) is 12.1 Å². The summed E-state index contributed by atoms with van der Waals surface area (Å²) in [7, 11) is 0. The standard InChI is InChI=1S/C10H8ClF2NO3.C10H6ClF2NO2/c1-4(10(16)17)9(15)14-7-3-5(12)2-6(13)8(7)11;1-3-9(15)6-4(12)2-5(13)7(11)8(6)14-10(3)16/h2-4H,1H3,(H,14,15)(H,16,17);2H,1H3,(H2,14,15,16). The lowest BCUT2D eigenvalue weighted by molar-refractivity contribution is -0.144. The van der Waals surface area contributed by atoms with Crippen LogP contribution < -0.4 is 10.9 Å². The molecule has 0 spiro atoms. The highest BCUT2D eigenvalue weighted by Crippen LogP contribution is 2.33. The van der Waals surface area contributed by atoms with E-state index in [0.29, 0.717) is 12.1 Å². The van der Waals surface area contributed by atoms with Gasteiger partial charge in [-0.15, -0.1) is 0 Å². The maximum absolute atomic E-state index is 13.4. The Bertz CT molecular complexity index is 1330. The third-order valence-electron chi connectivity index (χ3n) is 4.36. The van der Waals surface area contributed by atoms with Gasteiger partial charge in [-0.3, -0.25) is 14.4 Å². The molecule has 0 saturated heterocycles. The quantitative estimate of drug-likeness (QED) is 0.231. The van der Waals surface area contributed by atoms with Gasteiger partial charge >= 0.3 is 5.97 Å². The minimum Gasteiger partial charge on any atom is -0.507 e. The number of nitrogens with one attached hydrogen (secondary N) is 2. The van der Waals surface area contributed by atoms with Crippen molar-refractivity contribution in [3.05, 3.63) is 67.4 Å². The normalized spacial score (nSPS) is 11.5. The summed E-state index contributed by atoms with van der Waals surface area (Å²) in [4.78, 5) is 35.4. The van der Waals surface area contributed by atoms with E-state index in [4.69, 9.17) is 28.3 Å². The van der Waals surface area contributed by atoms with E-state index in [1.54, 1.807) is 0 Å². The highest BCUT2D eigenvalue weighted by Gasteiger charge is 2.22. The van der Waals surface area contributed by atoms with Crippen molar-refractivity contribution in [2.24, 2.45) is 5.92 Å². The molecule has 0 saturated carbocycles. The molecule has 1 amide bonds. The number of aromatic amines is 1. The number of carbonyl (C=O) groups excluding carboxylic acids is 1. The van der Waals surface area contributed by atoms with Crippen molar-refractivity contribution in [3.8, 4) is 5.75 Å². The Balaban J connectivity index is 0.000000234. The number of fused-ring (bicyclic) bond motifs is 1. The molecular weight excluding hydrogens is 495 g/mol. The minimum atomic E-state index is -1.35. The number of hydrogen-bond donors (Lipinski definition) is 4. The molecule has 33 heavy (non-hydrogen) atoms. The minimum absolute atomic E-state index is 0.0472. The van der Waals surface area contributed by atoms with E-state index in [1.165, 1.54) is 6.92 Å². The Hall–Kier alpha value is -3.31. The van der Waals surface area contributed by atoms with E-state index in [-0.39, 0.29) is 22.2 Å². The Kier molecular flexibility index (Phi) is 7.93. The third-order valence-corrected chi connectivity index (χ3v) is 5.11. The van der Waals surface area contributed by atoms with Gasteiger partial charge in [0.05, 0.1) is 22.2 Å². The van der Waals surface area contributed by atoms with Crippen LogP contribution in [0.5, 0.6) is 5.75 Å². The SMILES string of the molecule is CC(C(=O)O)C(=O)Nc1cc(F)cc(F)c1Cl.Cc1c(O)c2c(F)cc(F)c(Cl)c2[nH]c1=O. The number of benzene rings is 2. The molecular formula is C20H14Cl2F4N2O5. The van der Waals surface area contributed by atoms with Crippen LogP contribution in [0.1, 0.15) is 12.5 Å². The molecule has 3 aromatic rings. The highest BCUT2D eigenvalue weighted by atomic mass is 35.5. The number of amides is 1. The highest BCUT2D eigenvalue weighted by molar-refractivity contribution is 6.35. The van der Waals surface area contributed by atoms with Crippen LogP contribution in [0.3, 0.4) is 0 Å². The average molecular weight is 509 g/mol. The number of aliphatic carboxylic acids is 1. The van der Waals surface area contributed by atoms with Crippen LogP contribution >= 0.6 is 23.2 Å². The molecule has 1 heterocycles. The van der Waals surface area contributed by atoms with Gasteiger partial charge in [-0.05, 0) is 19.9 Å². The summed E-state index contributed by atoms with van der Waals surface area (Å²) in [6.45, 7) is 2.46. The van der Waals surface area contributed by atoms with Crippen LogP contribution in [0.2, 0.25) is 10.0 Å². The average Bonchev–Trinajstić information content (AvgIpc) is 2.73. The molecule has 1 aromatic heterocycles. The lowest BCUT2D eigenvalue weighted by Crippen LogP contribution is -2.27. The second kappa shape index (κ2) is 10.1. The second-order valence-electron chi connectivity index (χ2n) is 6.63. The first-order valence-corrected chi connectivity index (χ1v) is 9.59. The van der Waals surface area contributed by atoms with Crippen LogP contribution in [0.25, 0.3) is 10.9 Å². The van der Waals surface area contributed by atoms with Crippen LogP contribution in [0, 0.1) is 36.1 Å². The van der Waals surface area contributed by atoms with Gasteiger partial charge in [0.25, 0.3) is 5.56 Å². The van der Waals surface area contributed by atoms with Crippen LogP contribution in [-0.2, 0) is 9.59 Å². The topological polar surface area (TPSA) is 119 Å². The Morgan fingerprint density at radius 3 is 2.18 bits per heavy atom. The number of carbonyl (C=O) groups is 2. The summed E-state index contributed by atoms with van der Waals surface area (Å²) < 4.78 is 52.4. The van der Waals surface area contributed by atoms with E-state index in [9.17, 15) is 37.1 Å². The first-order chi connectivity index (χ1) is 15.3. The van der Waals surface area contributed by atoms with Crippen LogP contribution in [0.4, 0.5) is 23.2 Å². The summed E-state index contributed by atoms with van der Waals surface area (Å²) in [6.07, 6.45) is 0. The van der Waals surface area contributed by atoms with Gasteiger partial charge in [-0.2, -0.15) is 0 Å². The number of pyridine rings is 1. The zero-order valence-electron chi connectivity index (χ0n) is 16.7. The van der Waals surface area contributed by atoms with E-state index in [2.05, 4.69) is 4.98 Å². The van der Waals surface area contributed by atoms with Gasteiger partial charge in [-0.25, -0.2) is 17.6 Å². The first kappa shape index (κ1) is 25.9. The molecule has 3 rings (SSSR count). The number of hydrogen-bond acceptors (Lipinski definition) is 4. The molecule has 0 aliphatic rings. The monoisotopic (exact) mass is 508 g/mol. The lowest BCUT2D eigenvalue weighted by atomic mass is 10.1. The lowest BCUT2D eigenvalue weighted by Gasteiger charge is -2.10. The molecule has 4 N–H and O–H groups in total. The third kappa shape index (κ3) is 5.55. The molecule has 1 atom stereocenters. The summed E-state index contributed by atoms with van der Waals surface area (Å²) in [5, 5.41) is 19.0. The number of aromatic nitrogens is 1. The molecule has 0 bridgehead atoms. The van der Waals surface area contributed by atoms with Crippen molar-refractivity contribution in [3.63, 3.8) is 0 Å². The molecule has 0 aliphatic carbocycles. The maximum Gasteiger partial charge on any atom is 0.315 e. The molecule has 7 nitrogen and oxygen atoms in total. The number of aromatic hydroxyl groups is 1. The van der Waals surface area contributed by atoms with Crippen molar-refractivity contribution in [2.45, 2.75) is 13.8 Å². The number of carboxylic acids is 1. The number of halogens is 6. The van der Waals surface area contributed by atoms with Gasteiger partial charge in [-0.1, -0.05) is 23.2 Å². The van der Waals surface area contributed by atoms with E-state index in [0.717, 1.165) is 13.0 Å². The van der Waals surface area contributed by atoms with E-state index >= 15 is 0 Å². The van der Waals surface area contributed by atoms with Crippen molar-refractivity contribution in [1.29, 1.82) is 0 Å². The Morgan fingerprint density at radius 1 is 1.03 bits per heavy atom. The number of anilines is 1.